The molecule has 2 rings (SSSR count). The highest BCUT2D eigenvalue weighted by molar-refractivity contribution is 5.48. The summed E-state index contributed by atoms with van der Waals surface area (Å²) in [6.07, 6.45) is 1.04. The highest BCUT2D eigenvalue weighted by atomic mass is 16.5. The molecule has 4 heteroatoms. The van der Waals surface area contributed by atoms with Crippen LogP contribution in [0.2, 0.25) is 0 Å². The van der Waals surface area contributed by atoms with Crippen LogP contribution in [0.5, 0.6) is 11.5 Å². The standard InChI is InChI=1S/C13H19NO3/c1-15-5-6-17-13-7-10-3-4-14-9-11(10)8-12(13)16-2/h7-8,14H,3-6,9H2,1-2H3. The van der Waals surface area contributed by atoms with E-state index in [1.807, 2.05) is 0 Å². The quantitative estimate of drug-likeness (QED) is 0.785. The monoisotopic (exact) mass is 237 g/mol. The van der Waals surface area contributed by atoms with Gasteiger partial charge < -0.3 is 19.5 Å². The first kappa shape index (κ1) is 12.2. The van der Waals surface area contributed by atoms with Gasteiger partial charge in [-0.2, -0.15) is 0 Å². The fourth-order valence-electron chi connectivity index (χ4n) is 1.99. The van der Waals surface area contributed by atoms with E-state index in [9.17, 15) is 0 Å². The largest absolute Gasteiger partial charge is 0.493 e. The fourth-order valence-corrected chi connectivity index (χ4v) is 1.99. The maximum atomic E-state index is 5.66. The lowest BCUT2D eigenvalue weighted by Crippen LogP contribution is -2.23. The van der Waals surface area contributed by atoms with E-state index in [0.29, 0.717) is 13.2 Å². The molecule has 1 aliphatic rings. The fraction of sp³-hybridized carbons (Fsp3) is 0.538. The molecule has 94 valence electrons. The van der Waals surface area contributed by atoms with E-state index in [2.05, 4.69) is 17.4 Å². The van der Waals surface area contributed by atoms with Crippen LogP contribution < -0.4 is 14.8 Å². The Kier molecular flexibility index (Phi) is 4.23. The molecule has 0 unspecified atom stereocenters. The van der Waals surface area contributed by atoms with Crippen molar-refractivity contribution in [1.82, 2.24) is 5.32 Å². The predicted octanol–water partition coefficient (Wildman–Crippen LogP) is 1.37. The number of benzene rings is 1. The van der Waals surface area contributed by atoms with Crippen molar-refractivity contribution in [3.63, 3.8) is 0 Å². The summed E-state index contributed by atoms with van der Waals surface area (Å²) >= 11 is 0. The first-order valence-electron chi connectivity index (χ1n) is 5.87. The Hall–Kier alpha value is -1.26. The molecule has 0 aromatic heterocycles. The first-order valence-corrected chi connectivity index (χ1v) is 5.87. The third-order valence-electron chi connectivity index (χ3n) is 2.92. The molecule has 1 N–H and O–H groups in total. The number of nitrogens with one attached hydrogen (secondary N) is 1. The van der Waals surface area contributed by atoms with Gasteiger partial charge in [-0.25, -0.2) is 0 Å². The number of ether oxygens (including phenoxy) is 3. The van der Waals surface area contributed by atoms with Crippen LogP contribution in [-0.2, 0) is 17.7 Å². The second-order valence-corrected chi connectivity index (χ2v) is 4.04. The zero-order valence-corrected chi connectivity index (χ0v) is 10.4. The van der Waals surface area contributed by atoms with Crippen LogP contribution in [0.3, 0.4) is 0 Å². The van der Waals surface area contributed by atoms with Gasteiger partial charge in [-0.15, -0.1) is 0 Å². The lowest BCUT2D eigenvalue weighted by atomic mass is 10.0. The van der Waals surface area contributed by atoms with Crippen LogP contribution in [0.15, 0.2) is 12.1 Å². The number of rotatable bonds is 5. The third-order valence-corrected chi connectivity index (χ3v) is 2.92. The van der Waals surface area contributed by atoms with Crippen LogP contribution in [0, 0.1) is 0 Å². The molecule has 0 saturated heterocycles. The van der Waals surface area contributed by atoms with Gasteiger partial charge in [0.2, 0.25) is 0 Å². The topological polar surface area (TPSA) is 39.7 Å². The Balaban J connectivity index is 2.17. The van der Waals surface area contributed by atoms with E-state index in [1.54, 1.807) is 14.2 Å². The zero-order chi connectivity index (χ0) is 12.1. The molecular weight excluding hydrogens is 218 g/mol. The smallest absolute Gasteiger partial charge is 0.161 e. The third kappa shape index (κ3) is 2.90. The second kappa shape index (κ2) is 5.89. The Morgan fingerprint density at radius 1 is 1.12 bits per heavy atom. The highest BCUT2D eigenvalue weighted by Gasteiger charge is 2.14. The van der Waals surface area contributed by atoms with Gasteiger partial charge in [0.15, 0.2) is 11.5 Å². The molecule has 1 aromatic rings. The van der Waals surface area contributed by atoms with Crippen molar-refractivity contribution in [2.75, 3.05) is 34.0 Å². The van der Waals surface area contributed by atoms with Crippen molar-refractivity contribution in [2.24, 2.45) is 0 Å². The van der Waals surface area contributed by atoms with Crippen LogP contribution in [0.4, 0.5) is 0 Å². The van der Waals surface area contributed by atoms with Gasteiger partial charge in [-0.1, -0.05) is 0 Å². The summed E-state index contributed by atoms with van der Waals surface area (Å²) in [5.74, 6) is 1.61. The van der Waals surface area contributed by atoms with Crippen LogP contribution in [0.25, 0.3) is 0 Å². The van der Waals surface area contributed by atoms with E-state index in [-0.39, 0.29) is 0 Å². The summed E-state index contributed by atoms with van der Waals surface area (Å²) in [6.45, 7) is 3.06. The zero-order valence-electron chi connectivity index (χ0n) is 10.4. The van der Waals surface area contributed by atoms with Crippen LogP contribution in [-0.4, -0.2) is 34.0 Å². The summed E-state index contributed by atoms with van der Waals surface area (Å²) in [4.78, 5) is 0. The van der Waals surface area contributed by atoms with E-state index in [1.165, 1.54) is 11.1 Å². The molecule has 0 fully saturated rings. The van der Waals surface area contributed by atoms with E-state index in [4.69, 9.17) is 14.2 Å². The normalized spacial score (nSPS) is 14.2. The maximum Gasteiger partial charge on any atom is 0.161 e. The van der Waals surface area contributed by atoms with Crippen molar-refractivity contribution in [3.05, 3.63) is 23.3 Å². The Morgan fingerprint density at radius 3 is 2.71 bits per heavy atom. The Morgan fingerprint density at radius 2 is 1.94 bits per heavy atom. The second-order valence-electron chi connectivity index (χ2n) is 4.04. The van der Waals surface area contributed by atoms with E-state index >= 15 is 0 Å². The maximum absolute atomic E-state index is 5.66. The molecule has 0 amide bonds. The van der Waals surface area contributed by atoms with Gasteiger partial charge in [0, 0.05) is 13.7 Å². The summed E-state index contributed by atoms with van der Waals surface area (Å²) < 4.78 is 16.0. The molecule has 1 heterocycles. The number of fused-ring (bicyclic) bond motifs is 1. The summed E-state index contributed by atoms with van der Waals surface area (Å²) in [7, 11) is 3.33. The van der Waals surface area contributed by atoms with Crippen molar-refractivity contribution in [3.8, 4) is 11.5 Å². The van der Waals surface area contributed by atoms with Crippen LogP contribution in [0.1, 0.15) is 11.1 Å². The molecule has 1 aromatic carbocycles. The van der Waals surface area contributed by atoms with Gasteiger partial charge in [0.1, 0.15) is 6.61 Å². The molecule has 4 nitrogen and oxygen atoms in total. The SMILES string of the molecule is COCCOc1cc2c(cc1OC)CNCC2. The lowest BCUT2D eigenvalue weighted by molar-refractivity contribution is 0.144. The number of hydrogen-bond donors (Lipinski definition) is 1. The van der Waals surface area contributed by atoms with E-state index < -0.39 is 0 Å². The summed E-state index contributed by atoms with van der Waals surface area (Å²) in [5.41, 5.74) is 2.64. The van der Waals surface area contributed by atoms with Gasteiger partial charge in [0.25, 0.3) is 0 Å². The van der Waals surface area contributed by atoms with Gasteiger partial charge in [0.05, 0.1) is 13.7 Å². The first-order chi connectivity index (χ1) is 8.35. The molecule has 0 spiro atoms. The van der Waals surface area contributed by atoms with Crippen molar-refractivity contribution < 1.29 is 14.2 Å². The van der Waals surface area contributed by atoms with E-state index in [0.717, 1.165) is 31.0 Å². The Labute approximate surface area is 102 Å². The highest BCUT2D eigenvalue weighted by Crippen LogP contribution is 2.32. The minimum atomic E-state index is 0.546. The summed E-state index contributed by atoms with van der Waals surface area (Å²) in [5, 5.41) is 3.35. The Bertz CT molecular complexity index is 379. The predicted molar refractivity (Wildman–Crippen MR) is 65.8 cm³/mol. The van der Waals surface area contributed by atoms with Gasteiger partial charge >= 0.3 is 0 Å². The average molecular weight is 237 g/mol. The summed E-state index contributed by atoms with van der Waals surface area (Å²) in [6, 6.07) is 4.15. The molecule has 0 bridgehead atoms. The molecule has 0 saturated carbocycles. The minimum Gasteiger partial charge on any atom is -0.493 e. The lowest BCUT2D eigenvalue weighted by Gasteiger charge is -2.20. The van der Waals surface area contributed by atoms with Crippen molar-refractivity contribution in [1.29, 1.82) is 0 Å². The van der Waals surface area contributed by atoms with Crippen molar-refractivity contribution >= 4 is 0 Å². The molecule has 1 aliphatic heterocycles. The average Bonchev–Trinajstić information content (AvgIpc) is 2.38. The minimum absolute atomic E-state index is 0.546. The number of methoxy groups -OCH3 is 2. The molecule has 0 radical (unpaired) electrons. The van der Waals surface area contributed by atoms with Gasteiger partial charge in [-0.05, 0) is 36.2 Å². The molecular formula is C13H19NO3. The molecule has 17 heavy (non-hydrogen) atoms. The molecule has 0 aliphatic carbocycles. The van der Waals surface area contributed by atoms with Gasteiger partial charge in [-0.3, -0.25) is 0 Å². The van der Waals surface area contributed by atoms with Crippen LogP contribution >= 0.6 is 0 Å². The van der Waals surface area contributed by atoms with Crippen molar-refractivity contribution in [2.45, 2.75) is 13.0 Å². The number of hydrogen-bond acceptors (Lipinski definition) is 4. The molecule has 0 atom stereocenters.